The van der Waals surface area contributed by atoms with Crippen molar-refractivity contribution in [2.75, 3.05) is 5.32 Å². The van der Waals surface area contributed by atoms with Crippen molar-refractivity contribution < 1.29 is 34.5 Å². The lowest BCUT2D eigenvalue weighted by atomic mass is 9.79. The Morgan fingerprint density at radius 3 is 1.78 bits per heavy atom. The van der Waals surface area contributed by atoms with E-state index in [0.717, 1.165) is 0 Å². The molecule has 5 rings (SSSR count). The number of rotatable bonds is 3. The molecule has 1 aliphatic rings. The molecule has 0 unspecified atom stereocenters. The fraction of sp³-hybridized carbons (Fsp3) is 0.0345. The minimum absolute atomic E-state index is 0.00143. The molecule has 4 aromatic carbocycles. The van der Waals surface area contributed by atoms with Crippen LogP contribution in [-0.4, -0.2) is 38.6 Å². The molecule has 0 bridgehead atoms. The summed E-state index contributed by atoms with van der Waals surface area (Å²) in [6.45, 7) is 1.33. The van der Waals surface area contributed by atoms with Crippen LogP contribution >= 0.6 is 0 Å². The van der Waals surface area contributed by atoms with Crippen molar-refractivity contribution in [3.05, 3.63) is 101 Å². The molecule has 182 valence electrons. The lowest BCUT2D eigenvalue weighted by Gasteiger charge is -2.22. The van der Waals surface area contributed by atoms with Gasteiger partial charge < -0.3 is 20.6 Å². The average molecular weight is 493 g/mol. The van der Waals surface area contributed by atoms with Gasteiger partial charge in [-0.2, -0.15) is 0 Å². The summed E-state index contributed by atoms with van der Waals surface area (Å²) in [6, 6.07) is 18.0. The number of fused-ring (bicyclic) bond motifs is 2. The second-order valence-electron chi connectivity index (χ2n) is 8.51. The van der Waals surface area contributed by atoms with Crippen LogP contribution in [0.25, 0.3) is 16.3 Å². The Kier molecular flexibility index (Phi) is 5.56. The number of hydrogen-bond acceptors (Lipinski definition) is 7. The first-order chi connectivity index (χ1) is 17.7. The van der Waals surface area contributed by atoms with Gasteiger partial charge in [0.15, 0.2) is 17.3 Å². The Bertz CT molecular complexity index is 1700. The Morgan fingerprint density at radius 2 is 1.19 bits per heavy atom. The second kappa shape index (κ2) is 8.76. The summed E-state index contributed by atoms with van der Waals surface area (Å²) >= 11 is 0. The summed E-state index contributed by atoms with van der Waals surface area (Å²) in [5.74, 6) is -4.95. The number of carbonyl (C=O) groups excluding carboxylic acids is 4. The van der Waals surface area contributed by atoms with Gasteiger partial charge in [-0.3, -0.25) is 19.2 Å². The summed E-state index contributed by atoms with van der Waals surface area (Å²) in [6.07, 6.45) is 0. The highest BCUT2D eigenvalue weighted by Crippen LogP contribution is 2.50. The van der Waals surface area contributed by atoms with Crippen LogP contribution in [0.15, 0.2) is 78.4 Å². The molecule has 8 heteroatoms. The summed E-state index contributed by atoms with van der Waals surface area (Å²) in [7, 11) is 0. The first-order valence-electron chi connectivity index (χ1n) is 11.2. The van der Waals surface area contributed by atoms with E-state index in [1.165, 1.54) is 61.5 Å². The Morgan fingerprint density at radius 1 is 0.649 bits per heavy atom. The van der Waals surface area contributed by atoms with Gasteiger partial charge in [0.05, 0.1) is 11.1 Å². The molecule has 37 heavy (non-hydrogen) atoms. The fourth-order valence-corrected chi connectivity index (χ4v) is 4.54. The lowest BCUT2D eigenvalue weighted by Crippen LogP contribution is -2.31. The van der Waals surface area contributed by atoms with Crippen molar-refractivity contribution in [3.63, 3.8) is 0 Å². The largest absolute Gasteiger partial charge is 0.507 e. The lowest BCUT2D eigenvalue weighted by molar-refractivity contribution is -0.114. The van der Waals surface area contributed by atoms with E-state index >= 15 is 0 Å². The van der Waals surface area contributed by atoms with E-state index in [0.29, 0.717) is 5.69 Å². The van der Waals surface area contributed by atoms with Gasteiger partial charge in [-0.15, -0.1) is 0 Å². The van der Waals surface area contributed by atoms with Crippen LogP contribution < -0.4 is 5.32 Å². The smallest absolute Gasteiger partial charge is 0.238 e. The first-order valence-corrected chi connectivity index (χ1v) is 11.2. The van der Waals surface area contributed by atoms with E-state index in [1.54, 1.807) is 18.2 Å². The number of phenols is 3. The molecule has 0 saturated carbocycles. The molecular formula is C29H19NO7. The second-order valence-corrected chi connectivity index (χ2v) is 8.51. The summed E-state index contributed by atoms with van der Waals surface area (Å²) < 4.78 is 0. The number of carbonyl (C=O) groups is 4. The number of anilines is 1. The summed E-state index contributed by atoms with van der Waals surface area (Å²) in [5.41, 5.74) is -0.627. The third-order valence-corrected chi connectivity index (χ3v) is 6.21. The van der Waals surface area contributed by atoms with Gasteiger partial charge in [-0.25, -0.2) is 0 Å². The van der Waals surface area contributed by atoms with Gasteiger partial charge >= 0.3 is 0 Å². The van der Waals surface area contributed by atoms with Crippen molar-refractivity contribution in [1.29, 1.82) is 0 Å². The normalized spacial score (nSPS) is 14.5. The van der Waals surface area contributed by atoms with Crippen LogP contribution in [-0.2, 0) is 9.59 Å². The van der Waals surface area contributed by atoms with Crippen LogP contribution in [0.4, 0.5) is 5.69 Å². The minimum Gasteiger partial charge on any atom is -0.507 e. The number of ketones is 3. The number of Topliss-reactive ketones (excluding diaryl/α,β-unsaturated/α-hetero) is 3. The Hall–Kier alpha value is -5.24. The topological polar surface area (TPSA) is 141 Å². The summed E-state index contributed by atoms with van der Waals surface area (Å²) in [5, 5.41) is 36.0. The number of nitrogens with one attached hydrogen (secondary N) is 1. The number of benzene rings is 4. The molecule has 0 atom stereocenters. The third-order valence-electron chi connectivity index (χ3n) is 6.21. The zero-order valence-corrected chi connectivity index (χ0v) is 19.4. The van der Waals surface area contributed by atoms with Gasteiger partial charge in [0.25, 0.3) is 0 Å². The molecule has 0 spiro atoms. The number of phenolic OH excluding ortho intramolecular Hbond substituents is 3. The molecule has 4 N–H and O–H groups in total. The molecule has 1 amide bonds. The van der Waals surface area contributed by atoms with Crippen molar-refractivity contribution in [1.82, 2.24) is 0 Å². The Labute approximate surface area is 210 Å². The third kappa shape index (κ3) is 3.71. The number of allylic oxidation sites excluding steroid dienone is 1. The summed E-state index contributed by atoms with van der Waals surface area (Å²) in [4.78, 5) is 51.4. The predicted octanol–water partition coefficient (Wildman–Crippen LogP) is 4.37. The van der Waals surface area contributed by atoms with Crippen LogP contribution in [0, 0.1) is 0 Å². The minimum atomic E-state index is -1.11. The SMILES string of the molecule is CC(=O)Nc1ccc(/C(=C2/C(=O)C(=O)c3ccccc3C2=O)c2c(O)c(O)c3ccccc3c2O)cc1. The number of aromatic hydroxyl groups is 3. The van der Waals surface area contributed by atoms with Gasteiger partial charge in [-0.1, -0.05) is 60.7 Å². The monoisotopic (exact) mass is 493 g/mol. The quantitative estimate of drug-likeness (QED) is 0.109. The molecule has 4 aromatic rings. The zero-order valence-electron chi connectivity index (χ0n) is 19.4. The highest BCUT2D eigenvalue weighted by atomic mass is 16.3. The average Bonchev–Trinajstić information content (AvgIpc) is 2.90. The van der Waals surface area contributed by atoms with Crippen LogP contribution in [0.2, 0.25) is 0 Å². The van der Waals surface area contributed by atoms with E-state index < -0.39 is 40.2 Å². The van der Waals surface area contributed by atoms with Crippen molar-refractivity contribution in [3.8, 4) is 17.2 Å². The van der Waals surface area contributed by atoms with Gasteiger partial charge in [0.2, 0.25) is 17.5 Å². The maximum Gasteiger partial charge on any atom is 0.238 e. The molecule has 0 radical (unpaired) electrons. The van der Waals surface area contributed by atoms with E-state index in [4.69, 9.17) is 0 Å². The Balaban J connectivity index is 1.89. The molecule has 0 aromatic heterocycles. The van der Waals surface area contributed by atoms with Gasteiger partial charge in [-0.05, 0) is 17.7 Å². The maximum absolute atomic E-state index is 13.6. The number of hydrogen-bond donors (Lipinski definition) is 4. The van der Waals surface area contributed by atoms with Crippen molar-refractivity contribution in [2.24, 2.45) is 0 Å². The van der Waals surface area contributed by atoms with E-state index in [9.17, 15) is 34.5 Å². The van der Waals surface area contributed by atoms with Crippen molar-refractivity contribution >= 4 is 45.3 Å². The van der Waals surface area contributed by atoms with E-state index in [-0.39, 0.29) is 44.5 Å². The standard InChI is InChI=1S/C29H19NO7/c1-14(31)30-16-12-10-15(11-13-16)21(22-24(32)17-6-2-4-8-19(17)26(34)28(22)36)23-25(33)18-7-3-5-9-20(18)27(35)29(23)37/h2-13,32,34,36H,1H3,(H,30,31)/b23-21-. The van der Waals surface area contributed by atoms with Gasteiger partial charge in [0.1, 0.15) is 5.75 Å². The highest BCUT2D eigenvalue weighted by molar-refractivity contribution is 6.61. The molecule has 0 saturated heterocycles. The first kappa shape index (κ1) is 23.5. The van der Waals surface area contributed by atoms with Crippen molar-refractivity contribution in [2.45, 2.75) is 6.92 Å². The van der Waals surface area contributed by atoms with Crippen LogP contribution in [0.1, 0.15) is 38.8 Å². The number of amides is 1. The molecule has 0 fully saturated rings. The van der Waals surface area contributed by atoms with Gasteiger partial charge in [0, 0.05) is 40.1 Å². The van der Waals surface area contributed by atoms with E-state index in [2.05, 4.69) is 5.32 Å². The molecule has 0 aliphatic heterocycles. The van der Waals surface area contributed by atoms with Crippen LogP contribution in [0.5, 0.6) is 17.2 Å². The molecule has 8 nitrogen and oxygen atoms in total. The predicted molar refractivity (Wildman–Crippen MR) is 136 cm³/mol. The van der Waals surface area contributed by atoms with E-state index in [1.807, 2.05) is 0 Å². The van der Waals surface area contributed by atoms with Crippen LogP contribution in [0.3, 0.4) is 0 Å². The highest BCUT2D eigenvalue weighted by Gasteiger charge is 2.39. The molecule has 0 heterocycles. The molecule has 1 aliphatic carbocycles. The zero-order chi connectivity index (χ0) is 26.4. The maximum atomic E-state index is 13.6. The molecular weight excluding hydrogens is 474 g/mol. The fourth-order valence-electron chi connectivity index (χ4n) is 4.54.